The first kappa shape index (κ1) is 15.2. The number of rotatable bonds is 2. The van der Waals surface area contributed by atoms with Crippen LogP contribution >= 0.6 is 0 Å². The smallest absolute Gasteiger partial charge is 0.371 e. The summed E-state index contributed by atoms with van der Waals surface area (Å²) in [7, 11) is 0. The van der Waals surface area contributed by atoms with Gasteiger partial charge in [-0.05, 0) is 31.0 Å². The Hall–Kier alpha value is -2.23. The van der Waals surface area contributed by atoms with Gasteiger partial charge in [-0.25, -0.2) is 0 Å². The van der Waals surface area contributed by atoms with Crippen LogP contribution in [0.2, 0.25) is 0 Å². The molecule has 0 spiro atoms. The molecule has 1 amide bonds. The molecule has 2 rings (SSSR count). The monoisotopic (exact) mass is 297 g/mol. The lowest BCUT2D eigenvalue weighted by atomic mass is 9.95. The highest BCUT2D eigenvalue weighted by Gasteiger charge is 2.34. The molecular formula is C14H14F3N3O. The molecule has 0 radical (unpaired) electrons. The lowest BCUT2D eigenvalue weighted by molar-refractivity contribution is -0.137. The molecule has 0 aromatic heterocycles. The second-order valence-electron chi connectivity index (χ2n) is 5.00. The predicted octanol–water partition coefficient (Wildman–Crippen LogP) is 2.28. The number of hydrogen-bond acceptors (Lipinski definition) is 3. The molecule has 112 valence electrons. The molecule has 7 heteroatoms. The second-order valence-corrected chi connectivity index (χ2v) is 5.00. The number of carbonyl (C=O) groups is 1. The Kier molecular flexibility index (Phi) is 4.07. The van der Waals surface area contributed by atoms with Crippen LogP contribution in [0.1, 0.15) is 24.0 Å². The van der Waals surface area contributed by atoms with E-state index in [2.05, 4.69) is 0 Å². The number of anilines is 1. The van der Waals surface area contributed by atoms with Crippen molar-refractivity contribution in [3.63, 3.8) is 0 Å². The second kappa shape index (κ2) is 5.64. The maximum Gasteiger partial charge on any atom is 0.417 e. The van der Waals surface area contributed by atoms with E-state index in [-0.39, 0.29) is 11.8 Å². The van der Waals surface area contributed by atoms with Crippen LogP contribution in [0.5, 0.6) is 0 Å². The third-order valence-electron chi connectivity index (χ3n) is 3.69. The van der Waals surface area contributed by atoms with Crippen molar-refractivity contribution in [2.45, 2.75) is 19.0 Å². The van der Waals surface area contributed by atoms with Crippen LogP contribution < -0.4 is 10.6 Å². The lowest BCUT2D eigenvalue weighted by Crippen LogP contribution is -2.38. The summed E-state index contributed by atoms with van der Waals surface area (Å²) in [6.45, 7) is 1.06. The Morgan fingerprint density at radius 2 is 1.95 bits per heavy atom. The van der Waals surface area contributed by atoms with E-state index in [4.69, 9.17) is 11.0 Å². The van der Waals surface area contributed by atoms with Crippen molar-refractivity contribution in [1.82, 2.24) is 0 Å². The summed E-state index contributed by atoms with van der Waals surface area (Å²) in [4.78, 5) is 13.0. The van der Waals surface area contributed by atoms with Crippen molar-refractivity contribution >= 4 is 11.6 Å². The van der Waals surface area contributed by atoms with Crippen molar-refractivity contribution in [1.29, 1.82) is 5.26 Å². The minimum Gasteiger partial charge on any atom is -0.371 e. The zero-order valence-corrected chi connectivity index (χ0v) is 11.2. The zero-order chi connectivity index (χ0) is 15.6. The number of benzene rings is 1. The van der Waals surface area contributed by atoms with Gasteiger partial charge in [0.25, 0.3) is 0 Å². The van der Waals surface area contributed by atoms with Gasteiger partial charge in [0.1, 0.15) is 0 Å². The molecule has 1 heterocycles. The minimum atomic E-state index is -4.54. The Balaban J connectivity index is 2.20. The number of hydrogen-bond donors (Lipinski definition) is 1. The van der Waals surface area contributed by atoms with Gasteiger partial charge >= 0.3 is 6.18 Å². The molecule has 1 aliphatic heterocycles. The number of nitrogens with two attached hydrogens (primary N) is 1. The van der Waals surface area contributed by atoms with Gasteiger partial charge in [0, 0.05) is 24.7 Å². The summed E-state index contributed by atoms with van der Waals surface area (Å²) in [6, 6.07) is 5.11. The molecule has 0 unspecified atom stereocenters. The van der Waals surface area contributed by atoms with Gasteiger partial charge in [-0.15, -0.1) is 0 Å². The van der Waals surface area contributed by atoms with E-state index in [9.17, 15) is 18.0 Å². The first-order valence-electron chi connectivity index (χ1n) is 6.48. The number of piperidine rings is 1. The van der Waals surface area contributed by atoms with Crippen LogP contribution in [0.15, 0.2) is 18.2 Å². The normalized spacial score (nSPS) is 16.6. The molecule has 0 atom stereocenters. The van der Waals surface area contributed by atoms with Crippen LogP contribution in [0, 0.1) is 17.2 Å². The fourth-order valence-electron chi connectivity index (χ4n) is 2.49. The van der Waals surface area contributed by atoms with Gasteiger partial charge in [-0.3, -0.25) is 4.79 Å². The van der Waals surface area contributed by atoms with E-state index in [0.717, 1.165) is 6.07 Å². The number of nitrogens with zero attached hydrogens (tertiary/aromatic N) is 2. The van der Waals surface area contributed by atoms with Crippen LogP contribution in [0.4, 0.5) is 18.9 Å². The average Bonchev–Trinajstić information content (AvgIpc) is 2.45. The topological polar surface area (TPSA) is 70.1 Å². The van der Waals surface area contributed by atoms with Gasteiger partial charge in [0.2, 0.25) is 5.91 Å². The van der Waals surface area contributed by atoms with E-state index >= 15 is 0 Å². The summed E-state index contributed by atoms with van der Waals surface area (Å²) in [5, 5.41) is 8.89. The predicted molar refractivity (Wildman–Crippen MR) is 70.3 cm³/mol. The summed E-state index contributed by atoms with van der Waals surface area (Å²) in [5.41, 5.74) is 4.48. The zero-order valence-electron chi connectivity index (χ0n) is 11.2. The lowest BCUT2D eigenvalue weighted by Gasteiger charge is -2.32. The Morgan fingerprint density at radius 1 is 1.33 bits per heavy atom. The molecule has 0 bridgehead atoms. The van der Waals surface area contributed by atoms with Crippen molar-refractivity contribution in [3.05, 3.63) is 29.3 Å². The molecule has 4 nitrogen and oxygen atoms in total. The fraction of sp³-hybridized carbons (Fsp3) is 0.429. The average molecular weight is 297 g/mol. The van der Waals surface area contributed by atoms with E-state index in [0.29, 0.717) is 31.6 Å². The highest BCUT2D eigenvalue weighted by molar-refractivity contribution is 5.77. The molecule has 1 fully saturated rings. The van der Waals surface area contributed by atoms with Gasteiger partial charge in [0.05, 0.1) is 17.2 Å². The molecular weight excluding hydrogens is 283 g/mol. The number of amides is 1. The number of carbonyl (C=O) groups excluding carboxylic acids is 1. The SMILES string of the molecule is N#Cc1cc(N2CCC(C(N)=O)CC2)ccc1C(F)(F)F. The largest absolute Gasteiger partial charge is 0.417 e. The first-order chi connectivity index (χ1) is 9.82. The molecule has 1 saturated heterocycles. The van der Waals surface area contributed by atoms with Crippen LogP contribution in [0.25, 0.3) is 0 Å². The molecule has 0 aliphatic carbocycles. The quantitative estimate of drug-likeness (QED) is 0.910. The number of primary amides is 1. The molecule has 0 saturated carbocycles. The third-order valence-corrected chi connectivity index (χ3v) is 3.69. The van der Waals surface area contributed by atoms with Gasteiger partial charge < -0.3 is 10.6 Å². The maximum absolute atomic E-state index is 12.7. The van der Waals surface area contributed by atoms with Crippen molar-refractivity contribution in [2.75, 3.05) is 18.0 Å². The molecule has 1 aliphatic rings. The van der Waals surface area contributed by atoms with Gasteiger partial charge in [-0.2, -0.15) is 18.4 Å². The van der Waals surface area contributed by atoms with E-state index in [1.807, 2.05) is 4.90 Å². The van der Waals surface area contributed by atoms with Crippen LogP contribution in [-0.4, -0.2) is 19.0 Å². The number of alkyl halides is 3. The van der Waals surface area contributed by atoms with Crippen LogP contribution in [-0.2, 0) is 11.0 Å². The fourth-order valence-corrected chi connectivity index (χ4v) is 2.49. The van der Waals surface area contributed by atoms with Gasteiger partial charge in [-0.1, -0.05) is 0 Å². The summed E-state index contributed by atoms with van der Waals surface area (Å²) >= 11 is 0. The third kappa shape index (κ3) is 3.27. The number of nitriles is 1. The van der Waals surface area contributed by atoms with Crippen LogP contribution in [0.3, 0.4) is 0 Å². The Labute approximate surface area is 119 Å². The Bertz CT molecular complexity index is 584. The molecule has 1 aromatic carbocycles. The van der Waals surface area contributed by atoms with Crippen molar-refractivity contribution in [2.24, 2.45) is 11.7 Å². The standard InChI is InChI=1S/C14H14F3N3O/c15-14(16,17)12-2-1-11(7-10(12)8-18)20-5-3-9(4-6-20)13(19)21/h1-2,7,9H,3-6H2,(H2,19,21). The summed E-state index contributed by atoms with van der Waals surface area (Å²) in [5.74, 6) is -0.536. The highest BCUT2D eigenvalue weighted by atomic mass is 19.4. The summed E-state index contributed by atoms with van der Waals surface area (Å²) < 4.78 is 38.2. The van der Waals surface area contributed by atoms with E-state index in [1.165, 1.54) is 12.1 Å². The molecule has 21 heavy (non-hydrogen) atoms. The van der Waals surface area contributed by atoms with E-state index in [1.54, 1.807) is 6.07 Å². The summed E-state index contributed by atoms with van der Waals surface area (Å²) in [6.07, 6.45) is -3.40. The number of halogens is 3. The molecule has 2 N–H and O–H groups in total. The Morgan fingerprint density at radius 3 is 2.43 bits per heavy atom. The van der Waals surface area contributed by atoms with E-state index < -0.39 is 17.3 Å². The van der Waals surface area contributed by atoms with Crippen molar-refractivity contribution in [3.8, 4) is 6.07 Å². The minimum absolute atomic E-state index is 0.189. The van der Waals surface area contributed by atoms with Gasteiger partial charge in [0.15, 0.2) is 0 Å². The van der Waals surface area contributed by atoms with Crippen molar-refractivity contribution < 1.29 is 18.0 Å². The maximum atomic E-state index is 12.7. The first-order valence-corrected chi connectivity index (χ1v) is 6.48. The molecule has 1 aromatic rings. The highest BCUT2D eigenvalue weighted by Crippen LogP contribution is 2.34.